The summed E-state index contributed by atoms with van der Waals surface area (Å²) in [4.78, 5) is 15.5. The number of carboxylic acids is 1. The zero-order chi connectivity index (χ0) is 14.7. The van der Waals surface area contributed by atoms with Crippen molar-refractivity contribution < 1.29 is 14.3 Å². The van der Waals surface area contributed by atoms with Gasteiger partial charge in [-0.25, -0.2) is 14.2 Å². The van der Waals surface area contributed by atoms with Crippen LogP contribution in [0.15, 0.2) is 36.8 Å². The fourth-order valence-corrected chi connectivity index (χ4v) is 1.94. The van der Waals surface area contributed by atoms with Gasteiger partial charge in [-0.15, -0.1) is 0 Å². The maximum atomic E-state index is 12.9. The number of anilines is 1. The van der Waals surface area contributed by atoms with E-state index in [1.54, 1.807) is 10.9 Å². The molecule has 0 aliphatic rings. The summed E-state index contributed by atoms with van der Waals surface area (Å²) in [6.45, 7) is 3.89. The maximum Gasteiger partial charge on any atom is 0.332 e. The molecule has 0 saturated heterocycles. The maximum absolute atomic E-state index is 12.9. The number of nitrogens with one attached hydrogen (secondary N) is 1. The third kappa shape index (κ3) is 2.96. The van der Waals surface area contributed by atoms with E-state index in [-0.39, 0.29) is 11.9 Å². The Morgan fingerprint density at radius 1 is 1.35 bits per heavy atom. The number of halogens is 1. The molecular weight excluding hydrogens is 261 g/mol. The molecule has 20 heavy (non-hydrogen) atoms. The minimum atomic E-state index is -1.02. The quantitative estimate of drug-likeness (QED) is 0.882. The molecule has 0 bridgehead atoms. The zero-order valence-corrected chi connectivity index (χ0v) is 11.2. The van der Waals surface area contributed by atoms with Gasteiger partial charge in [0.2, 0.25) is 0 Å². The molecule has 0 saturated carbocycles. The van der Waals surface area contributed by atoms with Crippen molar-refractivity contribution in [2.45, 2.75) is 25.9 Å². The Morgan fingerprint density at radius 2 is 2.00 bits per heavy atom. The molecule has 6 heteroatoms. The lowest BCUT2D eigenvalue weighted by molar-refractivity contribution is -0.138. The third-order valence-corrected chi connectivity index (χ3v) is 2.95. The molecule has 2 rings (SSSR count). The van der Waals surface area contributed by atoms with Crippen LogP contribution in [0.2, 0.25) is 0 Å². The first-order valence-corrected chi connectivity index (χ1v) is 6.25. The largest absolute Gasteiger partial charge is 0.479 e. The van der Waals surface area contributed by atoms with Crippen LogP contribution in [-0.2, 0) is 4.79 Å². The first-order valence-electron chi connectivity index (χ1n) is 6.25. The molecule has 0 aliphatic carbocycles. The Hall–Kier alpha value is -2.37. The topological polar surface area (TPSA) is 67.2 Å². The molecule has 1 atom stereocenters. The van der Waals surface area contributed by atoms with Crippen molar-refractivity contribution in [3.8, 4) is 0 Å². The van der Waals surface area contributed by atoms with E-state index < -0.39 is 12.0 Å². The molecule has 2 aromatic rings. The van der Waals surface area contributed by atoms with Crippen LogP contribution in [0.5, 0.6) is 0 Å². The third-order valence-electron chi connectivity index (χ3n) is 2.95. The van der Waals surface area contributed by atoms with Gasteiger partial charge in [0.1, 0.15) is 5.82 Å². The van der Waals surface area contributed by atoms with Crippen molar-refractivity contribution in [2.24, 2.45) is 0 Å². The molecule has 0 radical (unpaired) electrons. The molecule has 1 aromatic heterocycles. The van der Waals surface area contributed by atoms with E-state index in [1.165, 1.54) is 30.5 Å². The van der Waals surface area contributed by atoms with Gasteiger partial charge in [0, 0.05) is 11.7 Å². The monoisotopic (exact) mass is 277 g/mol. The van der Waals surface area contributed by atoms with Crippen molar-refractivity contribution >= 4 is 11.7 Å². The van der Waals surface area contributed by atoms with Gasteiger partial charge in [-0.05, 0) is 38.1 Å². The number of carbonyl (C=O) groups is 1. The summed E-state index contributed by atoms with van der Waals surface area (Å²) in [6, 6.07) is 4.72. The Balaban J connectivity index is 2.29. The molecule has 0 spiro atoms. The van der Waals surface area contributed by atoms with E-state index in [0.717, 1.165) is 0 Å². The molecule has 1 heterocycles. The molecule has 1 unspecified atom stereocenters. The fraction of sp³-hybridized carbons (Fsp3) is 0.286. The second-order valence-corrected chi connectivity index (χ2v) is 4.74. The standard InChI is InChI=1S/C14H16FN3O2/c1-9(2)18-8-16-7-12(18)13(14(19)20)17-11-5-3-10(15)4-6-11/h3-9,13,17H,1-2H3,(H,19,20). The minimum Gasteiger partial charge on any atom is -0.479 e. The normalized spacial score (nSPS) is 12.4. The van der Waals surface area contributed by atoms with Crippen LogP contribution in [0.4, 0.5) is 10.1 Å². The summed E-state index contributed by atoms with van der Waals surface area (Å²) in [5.41, 5.74) is 1.09. The first kappa shape index (κ1) is 14.0. The Bertz CT molecular complexity index is 593. The molecule has 1 aromatic carbocycles. The fourth-order valence-electron chi connectivity index (χ4n) is 1.94. The highest BCUT2D eigenvalue weighted by atomic mass is 19.1. The smallest absolute Gasteiger partial charge is 0.332 e. The SMILES string of the molecule is CC(C)n1cncc1C(Nc1ccc(F)cc1)C(=O)O. The van der Waals surface area contributed by atoms with Gasteiger partial charge >= 0.3 is 5.97 Å². The second kappa shape index (κ2) is 5.73. The Morgan fingerprint density at radius 3 is 2.55 bits per heavy atom. The highest BCUT2D eigenvalue weighted by molar-refractivity contribution is 5.78. The summed E-state index contributed by atoms with van der Waals surface area (Å²) in [5.74, 6) is -1.38. The van der Waals surface area contributed by atoms with Crippen LogP contribution in [0.1, 0.15) is 31.6 Å². The molecule has 0 amide bonds. The van der Waals surface area contributed by atoms with Crippen LogP contribution in [0, 0.1) is 5.82 Å². The lowest BCUT2D eigenvalue weighted by Crippen LogP contribution is -2.24. The van der Waals surface area contributed by atoms with Gasteiger partial charge in [-0.3, -0.25) is 0 Å². The molecular formula is C14H16FN3O2. The van der Waals surface area contributed by atoms with Crippen molar-refractivity contribution in [1.29, 1.82) is 0 Å². The summed E-state index contributed by atoms with van der Waals surface area (Å²) in [7, 11) is 0. The summed E-state index contributed by atoms with van der Waals surface area (Å²) >= 11 is 0. The van der Waals surface area contributed by atoms with Gasteiger partial charge in [0.05, 0.1) is 18.2 Å². The molecule has 0 aliphatic heterocycles. The molecule has 0 fully saturated rings. The minimum absolute atomic E-state index is 0.101. The molecule has 5 nitrogen and oxygen atoms in total. The summed E-state index contributed by atoms with van der Waals surface area (Å²) in [5, 5.41) is 12.3. The van der Waals surface area contributed by atoms with Crippen molar-refractivity contribution in [3.05, 3.63) is 48.3 Å². The number of benzene rings is 1. The number of aliphatic carboxylic acids is 1. The average molecular weight is 277 g/mol. The van der Waals surface area contributed by atoms with Crippen LogP contribution < -0.4 is 5.32 Å². The number of hydrogen-bond acceptors (Lipinski definition) is 3. The van der Waals surface area contributed by atoms with Gasteiger partial charge in [-0.1, -0.05) is 0 Å². The number of carboxylic acid groups (broad SMARTS) is 1. The van der Waals surface area contributed by atoms with Crippen LogP contribution in [-0.4, -0.2) is 20.6 Å². The van der Waals surface area contributed by atoms with Crippen molar-refractivity contribution in [1.82, 2.24) is 9.55 Å². The van der Waals surface area contributed by atoms with Crippen molar-refractivity contribution in [2.75, 3.05) is 5.32 Å². The average Bonchev–Trinajstić information content (AvgIpc) is 2.86. The van der Waals surface area contributed by atoms with Gasteiger partial charge < -0.3 is 15.0 Å². The van der Waals surface area contributed by atoms with Gasteiger partial charge in [0.25, 0.3) is 0 Å². The summed E-state index contributed by atoms with van der Waals surface area (Å²) < 4.78 is 14.7. The Kier molecular flexibility index (Phi) is 4.02. The van der Waals surface area contributed by atoms with Crippen LogP contribution >= 0.6 is 0 Å². The number of nitrogens with zero attached hydrogens (tertiary/aromatic N) is 2. The van der Waals surface area contributed by atoms with E-state index >= 15 is 0 Å². The van der Waals surface area contributed by atoms with Gasteiger partial charge in [-0.2, -0.15) is 0 Å². The van der Waals surface area contributed by atoms with E-state index in [9.17, 15) is 14.3 Å². The number of aromatic nitrogens is 2. The van der Waals surface area contributed by atoms with Crippen LogP contribution in [0.25, 0.3) is 0 Å². The predicted molar refractivity (Wildman–Crippen MR) is 73.0 cm³/mol. The highest BCUT2D eigenvalue weighted by Gasteiger charge is 2.24. The van der Waals surface area contributed by atoms with E-state index in [1.807, 2.05) is 13.8 Å². The lowest BCUT2D eigenvalue weighted by Gasteiger charge is -2.19. The lowest BCUT2D eigenvalue weighted by atomic mass is 10.2. The van der Waals surface area contributed by atoms with Gasteiger partial charge in [0.15, 0.2) is 6.04 Å². The van der Waals surface area contributed by atoms with Crippen LogP contribution in [0.3, 0.4) is 0 Å². The predicted octanol–water partition coefficient (Wildman–Crippen LogP) is 2.84. The van der Waals surface area contributed by atoms with E-state index in [0.29, 0.717) is 11.4 Å². The molecule has 2 N–H and O–H groups in total. The number of rotatable bonds is 5. The number of hydrogen-bond donors (Lipinski definition) is 2. The Labute approximate surface area is 116 Å². The van der Waals surface area contributed by atoms with E-state index in [4.69, 9.17) is 0 Å². The highest BCUT2D eigenvalue weighted by Crippen LogP contribution is 2.22. The first-order chi connectivity index (χ1) is 9.49. The summed E-state index contributed by atoms with van der Waals surface area (Å²) in [6.07, 6.45) is 3.12. The second-order valence-electron chi connectivity index (χ2n) is 4.74. The molecule has 106 valence electrons. The van der Waals surface area contributed by atoms with E-state index in [2.05, 4.69) is 10.3 Å². The zero-order valence-electron chi connectivity index (χ0n) is 11.2. The number of imidazole rings is 1. The van der Waals surface area contributed by atoms with Crippen molar-refractivity contribution in [3.63, 3.8) is 0 Å².